The van der Waals surface area contributed by atoms with Gasteiger partial charge in [-0.05, 0) is 36.8 Å². The lowest BCUT2D eigenvalue weighted by atomic mass is 10.2. The number of nitrogens with one attached hydrogen (secondary N) is 1. The van der Waals surface area contributed by atoms with Crippen LogP contribution in [0.5, 0.6) is 10.9 Å². The number of aromatic nitrogens is 1. The Balaban J connectivity index is 1.62. The highest BCUT2D eigenvalue weighted by atomic mass is 32.2. The number of rotatable bonds is 6. The molecule has 0 saturated heterocycles. The average molecular weight is 360 g/mol. The summed E-state index contributed by atoms with van der Waals surface area (Å²) < 4.78 is 32.7. The van der Waals surface area contributed by atoms with E-state index in [0.29, 0.717) is 10.9 Å². The molecule has 7 heteroatoms. The molecule has 124 valence electrons. The molecule has 0 aliphatic carbocycles. The molecule has 5 nitrogen and oxygen atoms in total. The zero-order chi connectivity index (χ0) is 17.0. The maximum absolute atomic E-state index is 12.3. The minimum atomic E-state index is -3.52. The van der Waals surface area contributed by atoms with Crippen LogP contribution in [0.2, 0.25) is 0 Å². The van der Waals surface area contributed by atoms with E-state index in [2.05, 4.69) is 9.71 Å². The SMILES string of the molecule is Cc1ccc(S(=O)(=O)NCc2ccc(Oc3nccs3)cc2)cc1. The van der Waals surface area contributed by atoms with Gasteiger partial charge >= 0.3 is 0 Å². The predicted octanol–water partition coefficient (Wildman–Crippen LogP) is 3.72. The second-order valence-electron chi connectivity index (χ2n) is 5.18. The Bertz CT molecular complexity index is 888. The summed E-state index contributed by atoms with van der Waals surface area (Å²) in [6.07, 6.45) is 1.67. The normalized spacial score (nSPS) is 11.4. The van der Waals surface area contributed by atoms with E-state index in [0.717, 1.165) is 11.1 Å². The second-order valence-corrected chi connectivity index (χ2v) is 7.81. The minimum absolute atomic E-state index is 0.216. The number of nitrogens with zero attached hydrogens (tertiary/aromatic N) is 1. The Morgan fingerprint density at radius 1 is 1.08 bits per heavy atom. The average Bonchev–Trinajstić information content (AvgIpc) is 3.08. The lowest BCUT2D eigenvalue weighted by molar-refractivity contribution is 0.478. The van der Waals surface area contributed by atoms with Crippen LogP contribution in [0.25, 0.3) is 0 Å². The van der Waals surface area contributed by atoms with Crippen LogP contribution >= 0.6 is 11.3 Å². The van der Waals surface area contributed by atoms with Crippen LogP contribution in [-0.4, -0.2) is 13.4 Å². The number of ether oxygens (including phenoxy) is 1. The molecule has 3 rings (SSSR count). The number of thiazole rings is 1. The molecule has 0 spiro atoms. The van der Waals surface area contributed by atoms with Gasteiger partial charge in [0.1, 0.15) is 5.75 Å². The van der Waals surface area contributed by atoms with Crippen molar-refractivity contribution in [2.45, 2.75) is 18.4 Å². The topological polar surface area (TPSA) is 68.3 Å². The number of aryl methyl sites for hydroxylation is 1. The third-order valence-electron chi connectivity index (χ3n) is 3.34. The molecule has 0 aliphatic heterocycles. The molecule has 0 atom stereocenters. The quantitative estimate of drug-likeness (QED) is 0.727. The molecule has 1 N–H and O–H groups in total. The maximum Gasteiger partial charge on any atom is 0.278 e. The molecule has 0 amide bonds. The fraction of sp³-hybridized carbons (Fsp3) is 0.118. The van der Waals surface area contributed by atoms with E-state index >= 15 is 0 Å². The summed E-state index contributed by atoms with van der Waals surface area (Å²) in [7, 11) is -3.52. The van der Waals surface area contributed by atoms with Crippen LogP contribution in [0.15, 0.2) is 65.0 Å². The first kappa shape index (κ1) is 16.6. The van der Waals surface area contributed by atoms with Crippen molar-refractivity contribution < 1.29 is 13.2 Å². The molecule has 0 saturated carbocycles. The van der Waals surface area contributed by atoms with Gasteiger partial charge in [0.25, 0.3) is 5.19 Å². The third-order valence-corrected chi connectivity index (χ3v) is 5.40. The summed E-state index contributed by atoms with van der Waals surface area (Å²) in [4.78, 5) is 4.31. The van der Waals surface area contributed by atoms with Gasteiger partial charge in [0.2, 0.25) is 10.0 Å². The molecule has 1 aromatic heterocycles. The monoisotopic (exact) mass is 360 g/mol. The van der Waals surface area contributed by atoms with E-state index in [1.807, 2.05) is 24.4 Å². The van der Waals surface area contributed by atoms with Gasteiger partial charge in [0.05, 0.1) is 4.90 Å². The van der Waals surface area contributed by atoms with Gasteiger partial charge in [-0.15, -0.1) is 0 Å². The van der Waals surface area contributed by atoms with Crippen LogP contribution in [0.4, 0.5) is 0 Å². The lowest BCUT2D eigenvalue weighted by Gasteiger charge is -2.08. The largest absolute Gasteiger partial charge is 0.431 e. The molecule has 24 heavy (non-hydrogen) atoms. The summed E-state index contributed by atoms with van der Waals surface area (Å²) in [5.41, 5.74) is 1.86. The third kappa shape index (κ3) is 4.19. The Morgan fingerprint density at radius 2 is 1.79 bits per heavy atom. The van der Waals surface area contributed by atoms with E-state index in [4.69, 9.17) is 4.74 Å². The first-order chi connectivity index (χ1) is 11.5. The fourth-order valence-corrected chi connectivity index (χ4v) is 3.54. The number of hydrogen-bond donors (Lipinski definition) is 1. The summed E-state index contributed by atoms with van der Waals surface area (Å²) >= 11 is 1.41. The van der Waals surface area contributed by atoms with Crippen molar-refractivity contribution in [3.05, 3.63) is 71.2 Å². The molecule has 3 aromatic rings. The van der Waals surface area contributed by atoms with Crippen molar-refractivity contribution in [1.29, 1.82) is 0 Å². The van der Waals surface area contributed by atoms with Crippen molar-refractivity contribution in [3.63, 3.8) is 0 Å². The van der Waals surface area contributed by atoms with Gasteiger partial charge in [-0.2, -0.15) is 0 Å². The lowest BCUT2D eigenvalue weighted by Crippen LogP contribution is -2.23. The van der Waals surface area contributed by atoms with Gasteiger partial charge in [0, 0.05) is 18.1 Å². The number of benzene rings is 2. The van der Waals surface area contributed by atoms with E-state index in [-0.39, 0.29) is 11.4 Å². The molecule has 1 heterocycles. The van der Waals surface area contributed by atoms with Gasteiger partial charge in [-0.25, -0.2) is 18.1 Å². The summed E-state index contributed by atoms with van der Waals surface area (Å²) in [6, 6.07) is 14.0. The minimum Gasteiger partial charge on any atom is -0.431 e. The Labute approximate surface area is 145 Å². The Morgan fingerprint density at radius 3 is 2.42 bits per heavy atom. The van der Waals surface area contributed by atoms with E-state index in [9.17, 15) is 8.42 Å². The maximum atomic E-state index is 12.3. The first-order valence-corrected chi connectivity index (χ1v) is 9.62. The highest BCUT2D eigenvalue weighted by Crippen LogP contribution is 2.23. The van der Waals surface area contributed by atoms with Crippen molar-refractivity contribution in [3.8, 4) is 10.9 Å². The first-order valence-electron chi connectivity index (χ1n) is 7.25. The summed E-state index contributed by atoms with van der Waals surface area (Å²) in [5.74, 6) is 0.662. The highest BCUT2D eigenvalue weighted by molar-refractivity contribution is 7.89. The standard InChI is InChI=1S/C17H16N2O3S2/c1-13-2-8-16(9-3-13)24(20,21)19-12-14-4-6-15(7-5-14)22-17-18-10-11-23-17/h2-11,19H,12H2,1H3. The zero-order valence-electron chi connectivity index (χ0n) is 13.0. The molecule has 2 aromatic carbocycles. The molecular weight excluding hydrogens is 344 g/mol. The van der Waals surface area contributed by atoms with Gasteiger partial charge < -0.3 is 4.74 Å². The van der Waals surface area contributed by atoms with Crippen LogP contribution in [0.1, 0.15) is 11.1 Å². The van der Waals surface area contributed by atoms with E-state index in [1.165, 1.54) is 11.3 Å². The summed E-state index contributed by atoms with van der Waals surface area (Å²) in [6.45, 7) is 2.13. The Kier molecular flexibility index (Phi) is 4.94. The highest BCUT2D eigenvalue weighted by Gasteiger charge is 2.13. The van der Waals surface area contributed by atoms with Gasteiger partial charge in [0.15, 0.2) is 0 Å². The molecular formula is C17H16N2O3S2. The number of sulfonamides is 1. The number of hydrogen-bond acceptors (Lipinski definition) is 5. The second kappa shape index (κ2) is 7.12. The fourth-order valence-electron chi connectivity index (χ4n) is 2.02. The van der Waals surface area contributed by atoms with Crippen molar-refractivity contribution in [1.82, 2.24) is 9.71 Å². The smallest absolute Gasteiger partial charge is 0.278 e. The molecule has 0 bridgehead atoms. The van der Waals surface area contributed by atoms with Crippen LogP contribution in [0.3, 0.4) is 0 Å². The van der Waals surface area contributed by atoms with E-state index in [1.54, 1.807) is 42.6 Å². The van der Waals surface area contributed by atoms with Crippen molar-refractivity contribution >= 4 is 21.4 Å². The predicted molar refractivity (Wildman–Crippen MR) is 93.8 cm³/mol. The summed E-state index contributed by atoms with van der Waals surface area (Å²) in [5, 5.41) is 2.41. The molecule has 0 unspecified atom stereocenters. The van der Waals surface area contributed by atoms with Crippen LogP contribution in [-0.2, 0) is 16.6 Å². The van der Waals surface area contributed by atoms with E-state index < -0.39 is 10.0 Å². The van der Waals surface area contributed by atoms with Crippen LogP contribution < -0.4 is 9.46 Å². The zero-order valence-corrected chi connectivity index (χ0v) is 14.6. The molecule has 0 fully saturated rings. The molecule has 0 radical (unpaired) electrons. The van der Waals surface area contributed by atoms with Crippen LogP contribution in [0, 0.1) is 6.92 Å². The van der Waals surface area contributed by atoms with Crippen molar-refractivity contribution in [2.24, 2.45) is 0 Å². The Hall–Kier alpha value is -2.22. The molecule has 0 aliphatic rings. The van der Waals surface area contributed by atoms with Gasteiger partial charge in [-0.1, -0.05) is 41.2 Å². The van der Waals surface area contributed by atoms with Gasteiger partial charge in [-0.3, -0.25) is 0 Å². The van der Waals surface area contributed by atoms with Crippen molar-refractivity contribution in [2.75, 3.05) is 0 Å².